The van der Waals surface area contributed by atoms with Gasteiger partial charge in [-0.2, -0.15) is 0 Å². The predicted octanol–water partition coefficient (Wildman–Crippen LogP) is 5.14. The summed E-state index contributed by atoms with van der Waals surface area (Å²) in [6, 6.07) is 21.9. The molecule has 128 valence electrons. The van der Waals surface area contributed by atoms with Gasteiger partial charge < -0.3 is 9.14 Å². The Morgan fingerprint density at radius 1 is 0.962 bits per heavy atom. The SMILES string of the molecule is O=Cc1c(-c2ccc(OCc3ccccc3)c(F)c2)cc2ccccn12. The first-order valence-electron chi connectivity index (χ1n) is 8.28. The molecule has 0 fully saturated rings. The van der Waals surface area contributed by atoms with Crippen LogP contribution in [-0.2, 0) is 6.61 Å². The van der Waals surface area contributed by atoms with Crippen LogP contribution in [0.1, 0.15) is 16.1 Å². The van der Waals surface area contributed by atoms with E-state index in [9.17, 15) is 9.18 Å². The molecule has 0 unspecified atom stereocenters. The van der Waals surface area contributed by atoms with Crippen LogP contribution < -0.4 is 4.74 Å². The van der Waals surface area contributed by atoms with Crippen LogP contribution in [-0.4, -0.2) is 10.7 Å². The van der Waals surface area contributed by atoms with Gasteiger partial charge in [-0.1, -0.05) is 42.5 Å². The Morgan fingerprint density at radius 2 is 1.77 bits per heavy atom. The third kappa shape index (κ3) is 2.97. The van der Waals surface area contributed by atoms with Gasteiger partial charge in [-0.3, -0.25) is 4.79 Å². The summed E-state index contributed by atoms with van der Waals surface area (Å²) in [5.74, 6) is -0.264. The number of fused-ring (bicyclic) bond motifs is 1. The molecule has 0 aliphatic rings. The summed E-state index contributed by atoms with van der Waals surface area (Å²) in [6.45, 7) is 0.298. The van der Waals surface area contributed by atoms with E-state index in [1.54, 1.807) is 16.5 Å². The number of rotatable bonds is 5. The lowest BCUT2D eigenvalue weighted by molar-refractivity contribution is 0.111. The van der Waals surface area contributed by atoms with Crippen LogP contribution >= 0.6 is 0 Å². The highest BCUT2D eigenvalue weighted by atomic mass is 19.1. The molecule has 4 heteroatoms. The number of hydrogen-bond acceptors (Lipinski definition) is 2. The molecule has 0 atom stereocenters. The van der Waals surface area contributed by atoms with Crippen LogP contribution in [0.2, 0.25) is 0 Å². The van der Waals surface area contributed by atoms with E-state index >= 15 is 0 Å². The van der Waals surface area contributed by atoms with Gasteiger partial charge in [-0.25, -0.2) is 4.39 Å². The lowest BCUT2D eigenvalue weighted by Crippen LogP contribution is -1.97. The van der Waals surface area contributed by atoms with Crippen molar-refractivity contribution in [2.45, 2.75) is 6.61 Å². The molecule has 0 radical (unpaired) electrons. The Balaban J connectivity index is 1.65. The van der Waals surface area contributed by atoms with E-state index in [2.05, 4.69) is 0 Å². The van der Waals surface area contributed by atoms with Crippen LogP contribution in [0.4, 0.5) is 4.39 Å². The van der Waals surface area contributed by atoms with Crippen LogP contribution in [0.3, 0.4) is 0 Å². The average Bonchev–Trinajstić information content (AvgIpc) is 3.06. The number of aldehydes is 1. The Kier molecular flexibility index (Phi) is 4.23. The van der Waals surface area contributed by atoms with E-state index in [1.807, 2.05) is 60.8 Å². The summed E-state index contributed by atoms with van der Waals surface area (Å²) in [4.78, 5) is 11.5. The Labute approximate surface area is 150 Å². The van der Waals surface area contributed by atoms with Gasteiger partial charge in [0, 0.05) is 17.3 Å². The van der Waals surface area contributed by atoms with Gasteiger partial charge in [0.05, 0.1) is 5.69 Å². The van der Waals surface area contributed by atoms with Gasteiger partial charge in [0.1, 0.15) is 6.61 Å². The smallest absolute Gasteiger partial charge is 0.167 e. The minimum atomic E-state index is -0.453. The topological polar surface area (TPSA) is 30.7 Å². The number of nitrogens with zero attached hydrogens (tertiary/aromatic N) is 1. The molecule has 0 saturated heterocycles. The normalized spacial score (nSPS) is 10.8. The fourth-order valence-electron chi connectivity index (χ4n) is 3.02. The summed E-state index contributed by atoms with van der Waals surface area (Å²) in [5, 5.41) is 0. The molecule has 4 aromatic rings. The summed E-state index contributed by atoms with van der Waals surface area (Å²) in [7, 11) is 0. The number of ether oxygens (including phenoxy) is 1. The van der Waals surface area contributed by atoms with Crippen molar-refractivity contribution in [3.63, 3.8) is 0 Å². The Hall–Kier alpha value is -3.40. The second kappa shape index (κ2) is 6.84. The van der Waals surface area contributed by atoms with Crippen LogP contribution in [0.5, 0.6) is 5.75 Å². The van der Waals surface area contributed by atoms with E-state index in [-0.39, 0.29) is 5.75 Å². The van der Waals surface area contributed by atoms with Crippen molar-refractivity contribution in [1.82, 2.24) is 4.40 Å². The highest BCUT2D eigenvalue weighted by molar-refractivity contribution is 5.89. The Morgan fingerprint density at radius 3 is 2.54 bits per heavy atom. The fraction of sp³-hybridized carbons (Fsp3) is 0.0455. The maximum absolute atomic E-state index is 14.5. The van der Waals surface area contributed by atoms with Crippen molar-refractivity contribution in [3.8, 4) is 16.9 Å². The third-order valence-electron chi connectivity index (χ3n) is 4.31. The first-order valence-corrected chi connectivity index (χ1v) is 8.28. The lowest BCUT2D eigenvalue weighted by Gasteiger charge is -2.09. The minimum absolute atomic E-state index is 0.189. The van der Waals surface area contributed by atoms with Gasteiger partial charge in [-0.15, -0.1) is 0 Å². The highest BCUT2D eigenvalue weighted by Gasteiger charge is 2.13. The molecule has 2 heterocycles. The number of pyridine rings is 1. The average molecular weight is 345 g/mol. The molecule has 0 spiro atoms. The number of hydrogen-bond donors (Lipinski definition) is 0. The zero-order valence-corrected chi connectivity index (χ0v) is 13.9. The number of aromatic nitrogens is 1. The number of carbonyl (C=O) groups excluding carboxylic acids is 1. The van der Waals surface area contributed by atoms with E-state index in [4.69, 9.17) is 4.74 Å². The molecule has 0 aliphatic carbocycles. The lowest BCUT2D eigenvalue weighted by atomic mass is 10.1. The van der Waals surface area contributed by atoms with E-state index in [1.165, 1.54) is 6.07 Å². The van der Waals surface area contributed by atoms with E-state index in [0.29, 0.717) is 23.4 Å². The second-order valence-corrected chi connectivity index (χ2v) is 5.98. The van der Waals surface area contributed by atoms with Crippen molar-refractivity contribution in [2.75, 3.05) is 0 Å². The molecule has 0 N–H and O–H groups in total. The fourth-order valence-corrected chi connectivity index (χ4v) is 3.02. The zero-order valence-electron chi connectivity index (χ0n) is 13.9. The molecule has 0 bridgehead atoms. The molecule has 26 heavy (non-hydrogen) atoms. The van der Waals surface area contributed by atoms with Crippen molar-refractivity contribution >= 4 is 11.8 Å². The van der Waals surface area contributed by atoms with Gasteiger partial charge in [0.15, 0.2) is 17.9 Å². The van der Waals surface area contributed by atoms with Gasteiger partial charge >= 0.3 is 0 Å². The van der Waals surface area contributed by atoms with Gasteiger partial charge in [0.25, 0.3) is 0 Å². The van der Waals surface area contributed by atoms with Crippen LogP contribution in [0, 0.1) is 5.82 Å². The zero-order chi connectivity index (χ0) is 17.9. The molecule has 0 aliphatic heterocycles. The molecule has 3 nitrogen and oxygen atoms in total. The van der Waals surface area contributed by atoms with Gasteiger partial charge in [0.2, 0.25) is 0 Å². The summed E-state index contributed by atoms with van der Waals surface area (Å²) in [6.07, 6.45) is 2.61. The van der Waals surface area contributed by atoms with Crippen molar-refractivity contribution in [1.29, 1.82) is 0 Å². The van der Waals surface area contributed by atoms with Crippen molar-refractivity contribution in [2.24, 2.45) is 0 Å². The largest absolute Gasteiger partial charge is 0.486 e. The standard InChI is InChI=1S/C22H16FNO2/c23-20-12-17(9-10-22(20)26-15-16-6-2-1-3-7-16)19-13-18-8-4-5-11-24(18)21(19)14-25/h1-14H,15H2. The molecule has 0 saturated carbocycles. The maximum Gasteiger partial charge on any atom is 0.167 e. The second-order valence-electron chi connectivity index (χ2n) is 5.98. The summed E-state index contributed by atoms with van der Waals surface area (Å²) in [5.41, 5.74) is 3.69. The predicted molar refractivity (Wildman–Crippen MR) is 99.0 cm³/mol. The molecule has 2 aromatic carbocycles. The summed E-state index contributed by atoms with van der Waals surface area (Å²) >= 11 is 0. The van der Waals surface area contributed by atoms with Gasteiger partial charge in [-0.05, 0) is 41.5 Å². The van der Waals surface area contributed by atoms with E-state index < -0.39 is 5.82 Å². The number of benzene rings is 2. The maximum atomic E-state index is 14.5. The van der Waals surface area contributed by atoms with Crippen LogP contribution in [0.25, 0.3) is 16.6 Å². The first kappa shape index (κ1) is 16.1. The molecular weight excluding hydrogens is 329 g/mol. The minimum Gasteiger partial charge on any atom is -0.486 e. The molecule has 4 rings (SSSR count). The number of halogens is 1. The molecule has 0 amide bonds. The number of carbonyl (C=O) groups is 1. The first-order chi connectivity index (χ1) is 12.8. The Bertz CT molecular complexity index is 1070. The third-order valence-corrected chi connectivity index (χ3v) is 4.31. The monoisotopic (exact) mass is 345 g/mol. The molecular formula is C22H16FNO2. The van der Waals surface area contributed by atoms with E-state index in [0.717, 1.165) is 17.4 Å². The van der Waals surface area contributed by atoms with Crippen molar-refractivity contribution in [3.05, 3.63) is 96.1 Å². The summed E-state index contributed by atoms with van der Waals surface area (Å²) < 4.78 is 21.9. The van der Waals surface area contributed by atoms with Crippen LogP contribution in [0.15, 0.2) is 79.0 Å². The quantitative estimate of drug-likeness (QED) is 0.469. The highest BCUT2D eigenvalue weighted by Crippen LogP contribution is 2.30. The van der Waals surface area contributed by atoms with Crippen molar-refractivity contribution < 1.29 is 13.9 Å². The molecule has 2 aromatic heterocycles.